The number of thioether (sulfide) groups is 1. The van der Waals surface area contributed by atoms with E-state index < -0.39 is 5.97 Å². The number of esters is 1. The van der Waals surface area contributed by atoms with E-state index in [4.69, 9.17) is 14.2 Å². The number of hydrogen-bond acceptors (Lipinski definition) is 8. The number of hydrogen-bond donors (Lipinski definition) is 1. The molecule has 24 heavy (non-hydrogen) atoms. The van der Waals surface area contributed by atoms with Crippen molar-refractivity contribution >= 4 is 17.7 Å². The molecule has 0 unspecified atom stereocenters. The number of carbonyl (C=O) groups excluding carboxylic acids is 1. The molecule has 0 radical (unpaired) electrons. The van der Waals surface area contributed by atoms with Gasteiger partial charge in [0.25, 0.3) is 0 Å². The minimum absolute atomic E-state index is 0.0677. The normalized spacial score (nSPS) is 11.2. The maximum Gasteiger partial charge on any atom is 0.351 e. The Bertz CT molecular complexity index is 614. The van der Waals surface area contributed by atoms with E-state index in [1.807, 2.05) is 19.1 Å². The van der Waals surface area contributed by atoms with Crippen LogP contribution in [0.2, 0.25) is 0 Å². The highest BCUT2D eigenvalue weighted by molar-refractivity contribution is 8.02. The first-order valence-electron chi connectivity index (χ1n) is 7.32. The number of nitrogens with one attached hydrogen (secondary N) is 1. The zero-order valence-corrected chi connectivity index (χ0v) is 14.8. The van der Waals surface area contributed by atoms with Crippen LogP contribution in [-0.4, -0.2) is 44.1 Å². The van der Waals surface area contributed by atoms with Gasteiger partial charge in [-0.1, -0.05) is 6.07 Å². The van der Waals surface area contributed by atoms with E-state index in [1.54, 1.807) is 18.5 Å². The standard InChI is InChI=1S/C16H21N3O4S/c1-4-22-8-9-23-16(20)13(10-17)15(24-3)19-11-12-6-5-7-18-14(12)21-2/h5-7,19H,4,8-9,11H2,1-3H3. The summed E-state index contributed by atoms with van der Waals surface area (Å²) < 4.78 is 15.3. The predicted octanol–water partition coefficient (Wildman–Crippen LogP) is 1.86. The highest BCUT2D eigenvalue weighted by atomic mass is 32.2. The number of aromatic nitrogens is 1. The molecule has 0 spiro atoms. The van der Waals surface area contributed by atoms with Crippen molar-refractivity contribution in [2.24, 2.45) is 0 Å². The van der Waals surface area contributed by atoms with E-state index in [-0.39, 0.29) is 12.2 Å². The Labute approximate surface area is 146 Å². The number of nitrogens with zero attached hydrogens (tertiary/aromatic N) is 2. The van der Waals surface area contributed by atoms with Gasteiger partial charge in [-0.2, -0.15) is 5.26 Å². The summed E-state index contributed by atoms with van der Waals surface area (Å²) in [5.41, 5.74) is 0.746. The second-order valence-corrected chi connectivity index (χ2v) is 5.19. The van der Waals surface area contributed by atoms with Crippen LogP contribution in [-0.2, 0) is 20.8 Å². The van der Waals surface area contributed by atoms with Gasteiger partial charge in [-0.15, -0.1) is 11.8 Å². The fraction of sp³-hybridized carbons (Fsp3) is 0.438. The Morgan fingerprint density at radius 1 is 1.46 bits per heavy atom. The van der Waals surface area contributed by atoms with Gasteiger partial charge >= 0.3 is 5.97 Å². The molecular formula is C16H21N3O4S. The Morgan fingerprint density at radius 2 is 2.25 bits per heavy atom. The minimum atomic E-state index is -0.674. The van der Waals surface area contributed by atoms with Crippen molar-refractivity contribution in [3.8, 4) is 11.9 Å². The van der Waals surface area contributed by atoms with Crippen LogP contribution < -0.4 is 10.1 Å². The molecule has 0 aromatic carbocycles. The summed E-state index contributed by atoms with van der Waals surface area (Å²) in [6, 6.07) is 5.53. The molecule has 1 N–H and O–H groups in total. The van der Waals surface area contributed by atoms with E-state index in [0.717, 1.165) is 5.56 Å². The summed E-state index contributed by atoms with van der Waals surface area (Å²) in [7, 11) is 1.54. The molecule has 7 nitrogen and oxygen atoms in total. The van der Waals surface area contributed by atoms with Gasteiger partial charge in [-0.3, -0.25) is 0 Å². The van der Waals surface area contributed by atoms with E-state index in [1.165, 1.54) is 18.9 Å². The summed E-state index contributed by atoms with van der Waals surface area (Å²) in [6.07, 6.45) is 3.40. The third-order valence-corrected chi connectivity index (χ3v) is 3.65. The maximum atomic E-state index is 12.0. The number of rotatable bonds is 10. The summed E-state index contributed by atoms with van der Waals surface area (Å²) >= 11 is 1.26. The van der Waals surface area contributed by atoms with Crippen molar-refractivity contribution in [1.29, 1.82) is 5.26 Å². The smallest absolute Gasteiger partial charge is 0.351 e. The first-order valence-corrected chi connectivity index (χ1v) is 8.55. The fourth-order valence-corrected chi connectivity index (χ4v) is 2.33. The van der Waals surface area contributed by atoms with E-state index >= 15 is 0 Å². The van der Waals surface area contributed by atoms with Crippen molar-refractivity contribution in [1.82, 2.24) is 10.3 Å². The lowest BCUT2D eigenvalue weighted by Crippen LogP contribution is -2.19. The molecule has 0 aliphatic rings. The lowest BCUT2D eigenvalue weighted by atomic mass is 10.2. The van der Waals surface area contributed by atoms with Crippen LogP contribution in [0, 0.1) is 11.3 Å². The monoisotopic (exact) mass is 351 g/mol. The van der Waals surface area contributed by atoms with Crippen LogP contribution in [0.15, 0.2) is 28.9 Å². The molecule has 0 aliphatic heterocycles. The van der Waals surface area contributed by atoms with Crippen LogP contribution >= 0.6 is 11.8 Å². The van der Waals surface area contributed by atoms with Gasteiger partial charge in [0.15, 0.2) is 5.57 Å². The average Bonchev–Trinajstić information content (AvgIpc) is 2.62. The zero-order chi connectivity index (χ0) is 17.8. The first-order chi connectivity index (χ1) is 11.7. The SMILES string of the molecule is CCOCCOC(=O)C(C#N)=C(NCc1cccnc1OC)SC. The van der Waals surface area contributed by atoms with Crippen molar-refractivity contribution in [3.63, 3.8) is 0 Å². The highest BCUT2D eigenvalue weighted by Crippen LogP contribution is 2.18. The molecule has 8 heteroatoms. The Kier molecular flexibility index (Phi) is 9.34. The third-order valence-electron chi connectivity index (χ3n) is 2.89. The van der Waals surface area contributed by atoms with Crippen molar-refractivity contribution < 1.29 is 19.0 Å². The van der Waals surface area contributed by atoms with E-state index in [0.29, 0.717) is 30.7 Å². The minimum Gasteiger partial charge on any atom is -0.481 e. The molecule has 0 saturated heterocycles. The van der Waals surface area contributed by atoms with Crippen molar-refractivity contribution in [3.05, 3.63) is 34.5 Å². The maximum absolute atomic E-state index is 12.0. The van der Waals surface area contributed by atoms with Gasteiger partial charge in [0.05, 0.1) is 18.7 Å². The van der Waals surface area contributed by atoms with Gasteiger partial charge < -0.3 is 19.5 Å². The van der Waals surface area contributed by atoms with Gasteiger partial charge in [-0.25, -0.2) is 9.78 Å². The van der Waals surface area contributed by atoms with Crippen LogP contribution in [0.25, 0.3) is 0 Å². The Morgan fingerprint density at radius 3 is 2.88 bits per heavy atom. The molecule has 1 aromatic heterocycles. The Hall–Kier alpha value is -2.24. The largest absolute Gasteiger partial charge is 0.481 e. The van der Waals surface area contributed by atoms with Crippen LogP contribution in [0.1, 0.15) is 12.5 Å². The fourth-order valence-electron chi connectivity index (χ4n) is 1.78. The molecule has 0 amide bonds. The number of carbonyl (C=O) groups is 1. The lowest BCUT2D eigenvalue weighted by Gasteiger charge is -2.12. The predicted molar refractivity (Wildman–Crippen MR) is 91.2 cm³/mol. The summed E-state index contributed by atoms with van der Waals surface area (Å²) in [6.45, 7) is 3.17. The average molecular weight is 351 g/mol. The van der Waals surface area contributed by atoms with Gasteiger partial charge in [0, 0.05) is 24.9 Å². The summed E-state index contributed by atoms with van der Waals surface area (Å²) in [5.74, 6) is -0.185. The molecule has 0 aliphatic carbocycles. The zero-order valence-electron chi connectivity index (χ0n) is 14.0. The molecular weight excluding hydrogens is 330 g/mol. The summed E-state index contributed by atoms with van der Waals surface area (Å²) in [5, 5.41) is 12.8. The van der Waals surface area contributed by atoms with Crippen molar-refractivity contribution in [2.75, 3.05) is 33.2 Å². The summed E-state index contributed by atoms with van der Waals surface area (Å²) in [4.78, 5) is 16.1. The van der Waals surface area contributed by atoms with Gasteiger partial charge in [0.2, 0.25) is 5.88 Å². The third kappa shape index (κ3) is 6.10. The number of ether oxygens (including phenoxy) is 3. The number of pyridine rings is 1. The second-order valence-electron chi connectivity index (χ2n) is 4.38. The molecule has 0 atom stereocenters. The lowest BCUT2D eigenvalue weighted by molar-refractivity contribution is -0.140. The molecule has 130 valence electrons. The van der Waals surface area contributed by atoms with E-state index in [2.05, 4.69) is 10.3 Å². The van der Waals surface area contributed by atoms with Crippen LogP contribution in [0.5, 0.6) is 5.88 Å². The van der Waals surface area contributed by atoms with Gasteiger partial charge in [0.1, 0.15) is 12.7 Å². The van der Waals surface area contributed by atoms with Crippen LogP contribution in [0.4, 0.5) is 0 Å². The highest BCUT2D eigenvalue weighted by Gasteiger charge is 2.17. The van der Waals surface area contributed by atoms with Crippen molar-refractivity contribution in [2.45, 2.75) is 13.5 Å². The second kappa shape index (κ2) is 11.3. The number of nitriles is 1. The first kappa shape index (κ1) is 19.8. The molecule has 0 bridgehead atoms. The molecule has 1 aromatic rings. The van der Waals surface area contributed by atoms with Crippen LogP contribution in [0.3, 0.4) is 0 Å². The quantitative estimate of drug-likeness (QED) is 0.295. The Balaban J connectivity index is 2.77. The molecule has 1 rings (SSSR count). The molecule has 1 heterocycles. The van der Waals surface area contributed by atoms with Gasteiger partial charge in [-0.05, 0) is 19.2 Å². The van der Waals surface area contributed by atoms with E-state index in [9.17, 15) is 10.1 Å². The molecule has 0 saturated carbocycles. The topological polar surface area (TPSA) is 93.5 Å². The molecule has 0 fully saturated rings. The number of methoxy groups -OCH3 is 1.